The normalized spacial score (nSPS) is 11.7. The molecule has 0 aliphatic heterocycles. The third-order valence-electron chi connectivity index (χ3n) is 2.47. The molecule has 4 N–H and O–H groups in total. The molecule has 0 fully saturated rings. The predicted octanol–water partition coefficient (Wildman–Crippen LogP) is -0.0338. The molecule has 0 saturated carbocycles. The lowest BCUT2D eigenvalue weighted by atomic mass is 10.1. The van der Waals surface area contributed by atoms with E-state index in [1.807, 2.05) is 0 Å². The summed E-state index contributed by atoms with van der Waals surface area (Å²) in [5, 5.41) is 29.4. The van der Waals surface area contributed by atoms with E-state index in [1.165, 1.54) is 25.3 Å². The number of benzene rings is 1. The lowest BCUT2D eigenvalue weighted by molar-refractivity contribution is -0.139. The van der Waals surface area contributed by atoms with Crippen LogP contribution < -0.4 is 10.1 Å². The molecule has 7 heteroatoms. The number of hydrogen-bond donors (Lipinski definition) is 4. The quantitative estimate of drug-likeness (QED) is 0.576. The Labute approximate surface area is 109 Å². The Morgan fingerprint density at radius 1 is 1.42 bits per heavy atom. The van der Waals surface area contributed by atoms with Gasteiger partial charge in [-0.05, 0) is 12.1 Å². The summed E-state index contributed by atoms with van der Waals surface area (Å²) in [4.78, 5) is 22.6. The van der Waals surface area contributed by atoms with Gasteiger partial charge in [0.25, 0.3) is 5.91 Å². The number of carboxylic acid groups (broad SMARTS) is 1. The maximum absolute atomic E-state index is 11.8. The molecular formula is C12H15NO6. The minimum atomic E-state index is -1.25. The van der Waals surface area contributed by atoms with E-state index in [4.69, 9.17) is 14.9 Å². The molecule has 19 heavy (non-hydrogen) atoms. The molecule has 0 aliphatic rings. The Hall–Kier alpha value is -2.28. The van der Waals surface area contributed by atoms with Gasteiger partial charge in [0.1, 0.15) is 17.5 Å². The fraction of sp³-hybridized carbons (Fsp3) is 0.333. The molecule has 1 amide bonds. The highest BCUT2D eigenvalue weighted by molar-refractivity contribution is 5.99. The van der Waals surface area contributed by atoms with Crippen LogP contribution in [-0.4, -0.2) is 47.0 Å². The van der Waals surface area contributed by atoms with Gasteiger partial charge in [-0.15, -0.1) is 0 Å². The summed E-state index contributed by atoms with van der Waals surface area (Å²) in [7, 11) is 1.41. The Morgan fingerprint density at radius 2 is 2.11 bits per heavy atom. The molecule has 1 aromatic rings. The number of amides is 1. The van der Waals surface area contributed by atoms with Crippen molar-refractivity contribution in [2.24, 2.45) is 0 Å². The second kappa shape index (κ2) is 6.60. The molecule has 0 aromatic heterocycles. The highest BCUT2D eigenvalue weighted by Crippen LogP contribution is 2.23. The van der Waals surface area contributed by atoms with E-state index >= 15 is 0 Å². The van der Waals surface area contributed by atoms with Gasteiger partial charge in [0, 0.05) is 19.1 Å². The molecule has 0 aliphatic carbocycles. The van der Waals surface area contributed by atoms with E-state index in [0.29, 0.717) is 5.75 Å². The van der Waals surface area contributed by atoms with Gasteiger partial charge in [-0.3, -0.25) is 4.79 Å². The highest BCUT2D eigenvalue weighted by Gasteiger charge is 2.21. The van der Waals surface area contributed by atoms with Crippen LogP contribution in [0.15, 0.2) is 18.2 Å². The van der Waals surface area contributed by atoms with Crippen LogP contribution in [0.25, 0.3) is 0 Å². The zero-order valence-electron chi connectivity index (χ0n) is 10.3. The number of ether oxygens (including phenoxy) is 1. The van der Waals surface area contributed by atoms with Crippen molar-refractivity contribution in [1.82, 2.24) is 5.32 Å². The molecule has 1 rings (SSSR count). The first kappa shape index (κ1) is 14.8. The van der Waals surface area contributed by atoms with Gasteiger partial charge in [0.05, 0.1) is 12.7 Å². The van der Waals surface area contributed by atoms with Crippen molar-refractivity contribution in [3.05, 3.63) is 23.8 Å². The van der Waals surface area contributed by atoms with Crippen LogP contribution in [0.2, 0.25) is 0 Å². The van der Waals surface area contributed by atoms with Crippen molar-refractivity contribution in [2.45, 2.75) is 12.5 Å². The minimum Gasteiger partial charge on any atom is -0.507 e. The summed E-state index contributed by atoms with van der Waals surface area (Å²) in [6, 6.07) is 2.83. The standard InChI is InChI=1S/C12H15NO6/c1-19-7-2-3-8(10(15)6-7)11(16)13-9(4-5-14)12(17)18/h2-3,6,9,14-15H,4-5H2,1H3,(H,13,16)(H,17,18)/t9-/m1/s1. The van der Waals surface area contributed by atoms with Crippen LogP contribution in [0.4, 0.5) is 0 Å². The molecule has 0 radical (unpaired) electrons. The third-order valence-corrected chi connectivity index (χ3v) is 2.47. The molecule has 0 bridgehead atoms. The molecular weight excluding hydrogens is 254 g/mol. The van der Waals surface area contributed by atoms with Gasteiger partial charge in [-0.2, -0.15) is 0 Å². The van der Waals surface area contributed by atoms with E-state index in [2.05, 4.69) is 5.32 Å². The summed E-state index contributed by atoms with van der Waals surface area (Å²) in [6.07, 6.45) is -0.113. The molecule has 0 saturated heterocycles. The summed E-state index contributed by atoms with van der Waals surface area (Å²) < 4.78 is 4.87. The summed E-state index contributed by atoms with van der Waals surface area (Å²) in [6.45, 7) is -0.369. The Kier molecular flexibility index (Phi) is 5.13. The van der Waals surface area contributed by atoms with Crippen molar-refractivity contribution in [3.8, 4) is 11.5 Å². The zero-order valence-corrected chi connectivity index (χ0v) is 10.3. The van der Waals surface area contributed by atoms with E-state index in [0.717, 1.165) is 0 Å². The van der Waals surface area contributed by atoms with Crippen LogP contribution in [0.5, 0.6) is 11.5 Å². The van der Waals surface area contributed by atoms with E-state index < -0.39 is 17.9 Å². The average Bonchev–Trinajstić information content (AvgIpc) is 2.37. The number of carbonyl (C=O) groups excluding carboxylic acids is 1. The number of phenolic OH excluding ortho intramolecular Hbond substituents is 1. The topological polar surface area (TPSA) is 116 Å². The van der Waals surface area contributed by atoms with Crippen molar-refractivity contribution >= 4 is 11.9 Å². The first-order valence-electron chi connectivity index (χ1n) is 5.51. The smallest absolute Gasteiger partial charge is 0.326 e. The van der Waals surface area contributed by atoms with Crippen LogP contribution >= 0.6 is 0 Å². The maximum Gasteiger partial charge on any atom is 0.326 e. The first-order chi connectivity index (χ1) is 8.99. The number of hydrogen-bond acceptors (Lipinski definition) is 5. The largest absolute Gasteiger partial charge is 0.507 e. The molecule has 0 heterocycles. The van der Waals surface area contributed by atoms with Crippen molar-refractivity contribution in [2.75, 3.05) is 13.7 Å². The van der Waals surface area contributed by atoms with Gasteiger partial charge >= 0.3 is 5.97 Å². The van der Waals surface area contributed by atoms with Crippen molar-refractivity contribution in [1.29, 1.82) is 0 Å². The number of aliphatic carboxylic acids is 1. The van der Waals surface area contributed by atoms with Gasteiger partial charge in [0.15, 0.2) is 0 Å². The Morgan fingerprint density at radius 3 is 2.58 bits per heavy atom. The van der Waals surface area contributed by atoms with E-state index in [1.54, 1.807) is 0 Å². The zero-order chi connectivity index (χ0) is 14.4. The minimum absolute atomic E-state index is 0.0648. The molecule has 7 nitrogen and oxygen atoms in total. The molecule has 1 aromatic carbocycles. The number of aliphatic hydroxyl groups is 1. The maximum atomic E-state index is 11.8. The van der Waals surface area contributed by atoms with Crippen LogP contribution in [0.3, 0.4) is 0 Å². The first-order valence-corrected chi connectivity index (χ1v) is 5.51. The number of phenols is 1. The second-order valence-corrected chi connectivity index (χ2v) is 3.76. The lowest BCUT2D eigenvalue weighted by Gasteiger charge is -2.14. The van der Waals surface area contributed by atoms with Crippen LogP contribution in [0, 0.1) is 0 Å². The predicted molar refractivity (Wildman–Crippen MR) is 65.3 cm³/mol. The number of rotatable bonds is 6. The monoisotopic (exact) mass is 269 g/mol. The van der Waals surface area contributed by atoms with Crippen LogP contribution in [0.1, 0.15) is 16.8 Å². The molecule has 0 spiro atoms. The van der Waals surface area contributed by atoms with E-state index in [-0.39, 0.29) is 24.3 Å². The number of aromatic hydroxyl groups is 1. The molecule has 0 unspecified atom stereocenters. The number of nitrogens with one attached hydrogen (secondary N) is 1. The number of carbonyl (C=O) groups is 2. The number of methoxy groups -OCH3 is 1. The van der Waals surface area contributed by atoms with Gasteiger partial charge < -0.3 is 25.4 Å². The van der Waals surface area contributed by atoms with Gasteiger partial charge in [0.2, 0.25) is 0 Å². The second-order valence-electron chi connectivity index (χ2n) is 3.76. The van der Waals surface area contributed by atoms with Gasteiger partial charge in [-0.25, -0.2) is 4.79 Å². The number of aliphatic hydroxyl groups excluding tert-OH is 1. The van der Waals surface area contributed by atoms with Crippen molar-refractivity contribution < 1.29 is 29.6 Å². The number of carboxylic acids is 1. The van der Waals surface area contributed by atoms with Gasteiger partial charge in [-0.1, -0.05) is 0 Å². The lowest BCUT2D eigenvalue weighted by Crippen LogP contribution is -2.41. The fourth-order valence-corrected chi connectivity index (χ4v) is 1.45. The highest BCUT2D eigenvalue weighted by atomic mass is 16.5. The average molecular weight is 269 g/mol. The molecule has 1 atom stereocenters. The summed E-state index contributed by atoms with van der Waals surface area (Å²) in [5.74, 6) is -1.93. The SMILES string of the molecule is COc1ccc(C(=O)N[C@H](CCO)C(=O)O)c(O)c1. The Balaban J connectivity index is 2.85. The van der Waals surface area contributed by atoms with E-state index in [9.17, 15) is 14.7 Å². The third kappa shape index (κ3) is 3.85. The summed E-state index contributed by atoms with van der Waals surface area (Å²) >= 11 is 0. The molecule has 104 valence electrons. The summed E-state index contributed by atoms with van der Waals surface area (Å²) in [5.41, 5.74) is -0.0648. The van der Waals surface area contributed by atoms with Crippen LogP contribution in [-0.2, 0) is 4.79 Å². The Bertz CT molecular complexity index is 473. The fourth-order valence-electron chi connectivity index (χ4n) is 1.45. The van der Waals surface area contributed by atoms with Crippen molar-refractivity contribution in [3.63, 3.8) is 0 Å².